The highest BCUT2D eigenvalue weighted by Gasteiger charge is 2.35. The molecule has 4 aliphatic rings. The van der Waals surface area contributed by atoms with Gasteiger partial charge < -0.3 is 4.90 Å². The van der Waals surface area contributed by atoms with Gasteiger partial charge in [0.15, 0.2) is 0 Å². The van der Waals surface area contributed by atoms with E-state index < -0.39 is 0 Å². The van der Waals surface area contributed by atoms with Crippen molar-refractivity contribution in [2.75, 3.05) is 11.9 Å². The van der Waals surface area contributed by atoms with Crippen LogP contribution in [-0.4, -0.2) is 7.05 Å². The molecular weight excluding hydrogens is 446 g/mol. The molecule has 0 aliphatic heterocycles. The summed E-state index contributed by atoms with van der Waals surface area (Å²) < 4.78 is 0. The van der Waals surface area contributed by atoms with Crippen molar-refractivity contribution in [1.82, 2.24) is 0 Å². The van der Waals surface area contributed by atoms with E-state index in [0.29, 0.717) is 11.8 Å². The molecule has 37 heavy (non-hydrogen) atoms. The average Bonchev–Trinajstić information content (AvgIpc) is 3.18. The maximum atomic E-state index is 2.39. The van der Waals surface area contributed by atoms with E-state index in [1.807, 2.05) is 0 Å². The van der Waals surface area contributed by atoms with Gasteiger partial charge in [0, 0.05) is 35.7 Å². The van der Waals surface area contributed by atoms with Crippen LogP contribution in [0, 0.1) is 11.8 Å². The quantitative estimate of drug-likeness (QED) is 0.364. The van der Waals surface area contributed by atoms with Gasteiger partial charge in [-0.3, -0.25) is 0 Å². The lowest BCUT2D eigenvalue weighted by atomic mass is 9.70. The van der Waals surface area contributed by atoms with Crippen molar-refractivity contribution in [1.29, 1.82) is 0 Å². The molecule has 0 fully saturated rings. The molecule has 0 radical (unpaired) electrons. The molecular formula is C36H31N. The minimum absolute atomic E-state index is 0.00803. The van der Waals surface area contributed by atoms with Crippen molar-refractivity contribution in [3.8, 4) is 11.1 Å². The Hall–Kier alpha value is -4.10. The van der Waals surface area contributed by atoms with E-state index in [-0.39, 0.29) is 5.41 Å². The zero-order chi connectivity index (χ0) is 25.1. The highest BCUT2D eigenvalue weighted by Crippen LogP contribution is 2.50. The molecule has 4 aliphatic carbocycles. The molecule has 1 heteroatoms. The first kappa shape index (κ1) is 22.1. The Morgan fingerprint density at radius 1 is 0.676 bits per heavy atom. The Morgan fingerprint density at radius 3 is 2.22 bits per heavy atom. The Kier molecular flexibility index (Phi) is 4.91. The van der Waals surface area contributed by atoms with Crippen LogP contribution in [0.5, 0.6) is 0 Å². The summed E-state index contributed by atoms with van der Waals surface area (Å²) in [5.41, 5.74) is 13.4. The Morgan fingerprint density at radius 2 is 1.38 bits per heavy atom. The van der Waals surface area contributed by atoms with E-state index in [9.17, 15) is 0 Å². The first-order valence-electron chi connectivity index (χ1n) is 13.3. The molecule has 3 aromatic rings. The predicted octanol–water partition coefficient (Wildman–Crippen LogP) is 8.94. The Bertz CT molecular complexity index is 1600. The number of anilines is 2. The molecule has 0 heterocycles. The number of benzene rings is 3. The minimum Gasteiger partial charge on any atom is -0.345 e. The zero-order valence-corrected chi connectivity index (χ0v) is 21.6. The topological polar surface area (TPSA) is 3.24 Å². The van der Waals surface area contributed by atoms with Crippen molar-refractivity contribution in [2.24, 2.45) is 11.8 Å². The lowest BCUT2D eigenvalue weighted by Crippen LogP contribution is -2.21. The van der Waals surface area contributed by atoms with Crippen LogP contribution in [0.4, 0.5) is 11.4 Å². The summed E-state index contributed by atoms with van der Waals surface area (Å²) in [7, 11) is 2.17. The van der Waals surface area contributed by atoms with Gasteiger partial charge in [0.2, 0.25) is 0 Å². The maximum Gasteiger partial charge on any atom is 0.0411 e. The summed E-state index contributed by atoms with van der Waals surface area (Å²) in [6.45, 7) is 4.68. The lowest BCUT2D eigenvalue weighted by molar-refractivity contribution is 0.618. The van der Waals surface area contributed by atoms with Gasteiger partial charge in [-0.05, 0) is 68.8 Å². The zero-order valence-electron chi connectivity index (χ0n) is 21.6. The van der Waals surface area contributed by atoms with Gasteiger partial charge in [0.1, 0.15) is 0 Å². The van der Waals surface area contributed by atoms with Crippen LogP contribution in [-0.2, 0) is 5.41 Å². The van der Waals surface area contributed by atoms with Crippen molar-refractivity contribution in [3.63, 3.8) is 0 Å². The van der Waals surface area contributed by atoms with Gasteiger partial charge in [-0.25, -0.2) is 0 Å². The number of hydrogen-bond donors (Lipinski definition) is 0. The van der Waals surface area contributed by atoms with E-state index in [1.165, 1.54) is 55.9 Å². The molecule has 180 valence electrons. The minimum atomic E-state index is 0.00803. The van der Waals surface area contributed by atoms with Crippen LogP contribution in [0.15, 0.2) is 133 Å². The fraction of sp³-hybridized carbons (Fsp3) is 0.167. The van der Waals surface area contributed by atoms with Gasteiger partial charge in [-0.15, -0.1) is 0 Å². The van der Waals surface area contributed by atoms with Gasteiger partial charge in [0.05, 0.1) is 0 Å². The van der Waals surface area contributed by atoms with Gasteiger partial charge in [-0.2, -0.15) is 0 Å². The monoisotopic (exact) mass is 477 g/mol. The van der Waals surface area contributed by atoms with Crippen LogP contribution in [0.2, 0.25) is 0 Å². The van der Waals surface area contributed by atoms with Crippen LogP contribution in [0.3, 0.4) is 0 Å². The number of fused-ring (bicyclic) bond motifs is 6. The summed E-state index contributed by atoms with van der Waals surface area (Å²) in [6.07, 6.45) is 20.3. The standard InChI is InChI=1S/C36H31N/c1-36(2)34-15-9-8-14-31(34)32-21-20-27(23-35(32)36)37(3)26-18-16-24(17-19-26)33-22-25-10-4-5-11-28(25)29-12-6-7-13-30(29)33/h4-23,28-29H,1-3H3. The third-order valence-electron chi connectivity index (χ3n) is 8.70. The highest BCUT2D eigenvalue weighted by molar-refractivity contribution is 5.85. The third kappa shape index (κ3) is 3.38. The predicted molar refractivity (Wildman–Crippen MR) is 157 cm³/mol. The van der Waals surface area contributed by atoms with Crippen molar-refractivity contribution in [2.45, 2.75) is 19.3 Å². The SMILES string of the molecule is CN(c1ccc(C2=C3C=CC=CC3C3C=CC=CC3=C2)cc1)c1ccc2c(c1)C(C)(C)c1ccccc1-2. The summed E-state index contributed by atoms with van der Waals surface area (Å²) >= 11 is 0. The molecule has 2 unspecified atom stereocenters. The third-order valence-corrected chi connectivity index (χ3v) is 8.70. The highest BCUT2D eigenvalue weighted by atomic mass is 15.1. The molecule has 0 saturated carbocycles. The summed E-state index contributed by atoms with van der Waals surface area (Å²) in [5.74, 6) is 0.841. The lowest BCUT2D eigenvalue weighted by Gasteiger charge is -2.33. The first-order chi connectivity index (χ1) is 18.0. The van der Waals surface area contributed by atoms with Crippen LogP contribution in [0.1, 0.15) is 30.5 Å². The molecule has 0 spiro atoms. The van der Waals surface area contributed by atoms with Crippen molar-refractivity contribution < 1.29 is 0 Å². The second kappa shape index (κ2) is 8.21. The summed E-state index contributed by atoms with van der Waals surface area (Å²) in [6, 6.07) is 24.9. The number of hydrogen-bond acceptors (Lipinski definition) is 1. The maximum absolute atomic E-state index is 2.39. The molecule has 0 amide bonds. The van der Waals surface area contributed by atoms with Crippen LogP contribution < -0.4 is 4.90 Å². The van der Waals surface area contributed by atoms with E-state index in [1.54, 1.807) is 0 Å². The molecule has 7 rings (SSSR count). The van der Waals surface area contributed by atoms with E-state index in [2.05, 4.69) is 147 Å². The number of allylic oxidation sites excluding steroid dienone is 12. The second-order valence-electron chi connectivity index (χ2n) is 11.1. The second-order valence-corrected chi connectivity index (χ2v) is 11.1. The molecule has 0 aromatic heterocycles. The Labute approximate surface area is 220 Å². The first-order valence-corrected chi connectivity index (χ1v) is 13.3. The normalized spacial score (nSPS) is 21.8. The van der Waals surface area contributed by atoms with E-state index in [4.69, 9.17) is 0 Å². The fourth-order valence-corrected chi connectivity index (χ4v) is 6.60. The number of rotatable bonds is 3. The number of nitrogens with zero attached hydrogens (tertiary/aromatic N) is 1. The van der Waals surface area contributed by atoms with E-state index in [0.717, 1.165) is 0 Å². The molecule has 0 saturated heterocycles. The molecule has 3 aromatic carbocycles. The van der Waals surface area contributed by atoms with Gasteiger partial charge in [0.25, 0.3) is 0 Å². The van der Waals surface area contributed by atoms with E-state index >= 15 is 0 Å². The molecule has 0 bridgehead atoms. The molecule has 1 nitrogen and oxygen atoms in total. The Balaban J connectivity index is 1.22. The smallest absolute Gasteiger partial charge is 0.0411 e. The van der Waals surface area contributed by atoms with Crippen molar-refractivity contribution in [3.05, 3.63) is 149 Å². The fourth-order valence-electron chi connectivity index (χ4n) is 6.60. The largest absolute Gasteiger partial charge is 0.345 e. The van der Waals surface area contributed by atoms with Gasteiger partial charge in [-0.1, -0.05) is 111 Å². The van der Waals surface area contributed by atoms with Crippen LogP contribution in [0.25, 0.3) is 16.7 Å². The van der Waals surface area contributed by atoms with Crippen molar-refractivity contribution >= 4 is 16.9 Å². The molecule has 2 atom stereocenters. The van der Waals surface area contributed by atoms with Crippen LogP contribution >= 0.6 is 0 Å². The molecule has 0 N–H and O–H groups in total. The average molecular weight is 478 g/mol. The van der Waals surface area contributed by atoms with Gasteiger partial charge >= 0.3 is 0 Å². The summed E-state index contributed by atoms with van der Waals surface area (Å²) in [4.78, 5) is 2.30. The summed E-state index contributed by atoms with van der Waals surface area (Å²) in [5, 5.41) is 0.